The van der Waals surface area contributed by atoms with E-state index in [0.29, 0.717) is 5.84 Å². The second-order valence-electron chi connectivity index (χ2n) is 1.70. The van der Waals surface area contributed by atoms with E-state index in [1.54, 1.807) is 0 Å². The fourth-order valence-electron chi connectivity index (χ4n) is 0.183. The van der Waals surface area contributed by atoms with Crippen LogP contribution >= 0.6 is 0 Å². The molecule has 3 nitrogen and oxygen atoms in total. The predicted molar refractivity (Wildman–Crippen MR) is 35.7 cm³/mol. The van der Waals surface area contributed by atoms with Gasteiger partial charge in [-0.15, -0.1) is 0 Å². The maximum Gasteiger partial charge on any atom is 0.122 e. The summed E-state index contributed by atoms with van der Waals surface area (Å²) < 4.78 is 0. The number of amidine groups is 1. The molecular weight excluding hydrogens is 104 g/mol. The molecule has 0 aliphatic carbocycles. The number of rotatable bonds is 1. The van der Waals surface area contributed by atoms with Crippen molar-refractivity contribution in [3.05, 3.63) is 0 Å². The SMILES string of the molecule is C=NC(=N)C(C)C.O. The Labute approximate surface area is 49.3 Å². The van der Waals surface area contributed by atoms with E-state index in [-0.39, 0.29) is 11.4 Å². The van der Waals surface area contributed by atoms with E-state index in [1.807, 2.05) is 13.8 Å². The zero-order valence-corrected chi connectivity index (χ0v) is 5.23. The lowest BCUT2D eigenvalue weighted by Crippen LogP contribution is -1.99. The van der Waals surface area contributed by atoms with Gasteiger partial charge in [-0.2, -0.15) is 0 Å². The van der Waals surface area contributed by atoms with Gasteiger partial charge in [0.2, 0.25) is 0 Å². The molecule has 3 N–H and O–H groups in total. The van der Waals surface area contributed by atoms with Crippen molar-refractivity contribution in [1.29, 1.82) is 5.41 Å². The van der Waals surface area contributed by atoms with Gasteiger partial charge in [0.05, 0.1) is 0 Å². The first-order chi connectivity index (χ1) is 3.18. The molecule has 48 valence electrons. The fourth-order valence-corrected chi connectivity index (χ4v) is 0.183. The molecular formula is C5H12N2O. The molecule has 0 aromatic rings. The average Bonchev–Trinajstić information content (AvgIpc) is 1.65. The molecule has 0 amide bonds. The summed E-state index contributed by atoms with van der Waals surface area (Å²) in [5.74, 6) is 0.581. The molecule has 0 aromatic carbocycles. The molecule has 8 heavy (non-hydrogen) atoms. The van der Waals surface area contributed by atoms with Crippen molar-refractivity contribution in [2.45, 2.75) is 13.8 Å². The molecule has 0 spiro atoms. The zero-order chi connectivity index (χ0) is 5.86. The topological polar surface area (TPSA) is 67.7 Å². The molecule has 0 aliphatic rings. The van der Waals surface area contributed by atoms with Gasteiger partial charge in [0.15, 0.2) is 0 Å². The molecule has 0 fully saturated rings. The van der Waals surface area contributed by atoms with Crippen molar-refractivity contribution in [1.82, 2.24) is 0 Å². The van der Waals surface area contributed by atoms with Crippen LogP contribution in [-0.2, 0) is 0 Å². The third-order valence-electron chi connectivity index (χ3n) is 0.717. The Bertz CT molecular complexity index is 88.4. The number of hydrogen-bond donors (Lipinski definition) is 1. The highest BCUT2D eigenvalue weighted by Crippen LogP contribution is 1.92. The van der Waals surface area contributed by atoms with Gasteiger partial charge in [-0.05, 0) is 6.72 Å². The molecule has 0 saturated heterocycles. The smallest absolute Gasteiger partial charge is 0.122 e. The minimum atomic E-state index is 0. The van der Waals surface area contributed by atoms with Crippen LogP contribution in [-0.4, -0.2) is 18.0 Å². The van der Waals surface area contributed by atoms with Gasteiger partial charge < -0.3 is 5.48 Å². The number of aliphatic imine (C=N–C) groups is 1. The van der Waals surface area contributed by atoms with Gasteiger partial charge >= 0.3 is 0 Å². The molecule has 0 heterocycles. The van der Waals surface area contributed by atoms with Crippen molar-refractivity contribution in [2.75, 3.05) is 0 Å². The predicted octanol–water partition coefficient (Wildman–Crippen LogP) is 0.496. The van der Waals surface area contributed by atoms with E-state index in [4.69, 9.17) is 5.41 Å². The first kappa shape index (κ1) is 10.3. The van der Waals surface area contributed by atoms with E-state index >= 15 is 0 Å². The van der Waals surface area contributed by atoms with E-state index in [1.165, 1.54) is 0 Å². The minimum absolute atomic E-state index is 0. The largest absolute Gasteiger partial charge is 0.412 e. The van der Waals surface area contributed by atoms with E-state index < -0.39 is 0 Å². The summed E-state index contributed by atoms with van der Waals surface area (Å²) in [5.41, 5.74) is 0. The highest BCUT2D eigenvalue weighted by atomic mass is 16.0. The van der Waals surface area contributed by atoms with Gasteiger partial charge in [0, 0.05) is 5.92 Å². The van der Waals surface area contributed by atoms with Gasteiger partial charge in [-0.25, -0.2) is 4.99 Å². The Morgan fingerprint density at radius 1 is 1.62 bits per heavy atom. The molecule has 0 aromatic heterocycles. The Morgan fingerprint density at radius 3 is 2.00 bits per heavy atom. The van der Waals surface area contributed by atoms with Crippen LogP contribution in [0.25, 0.3) is 0 Å². The molecule has 0 unspecified atom stereocenters. The van der Waals surface area contributed by atoms with Crippen LogP contribution in [0.3, 0.4) is 0 Å². The third-order valence-corrected chi connectivity index (χ3v) is 0.717. The highest BCUT2D eigenvalue weighted by molar-refractivity contribution is 5.84. The number of nitrogens with zero attached hydrogens (tertiary/aromatic N) is 1. The lowest BCUT2D eigenvalue weighted by atomic mass is 10.2. The molecule has 0 rings (SSSR count). The summed E-state index contributed by atoms with van der Waals surface area (Å²) in [6.07, 6.45) is 0. The first-order valence-corrected chi connectivity index (χ1v) is 2.23. The Kier molecular flexibility index (Phi) is 5.75. The third kappa shape index (κ3) is 3.49. The van der Waals surface area contributed by atoms with E-state index in [2.05, 4.69) is 11.7 Å². The summed E-state index contributed by atoms with van der Waals surface area (Å²) in [6, 6.07) is 0. The summed E-state index contributed by atoms with van der Waals surface area (Å²) in [6.45, 7) is 7.03. The Hall–Kier alpha value is -0.700. The van der Waals surface area contributed by atoms with E-state index in [0.717, 1.165) is 0 Å². The second kappa shape index (κ2) is 4.46. The summed E-state index contributed by atoms with van der Waals surface area (Å²) in [5, 5.41) is 6.96. The van der Waals surface area contributed by atoms with Gasteiger partial charge in [0.1, 0.15) is 5.84 Å². The van der Waals surface area contributed by atoms with Crippen LogP contribution in [0.1, 0.15) is 13.8 Å². The molecule has 3 heteroatoms. The average molecular weight is 116 g/mol. The molecule has 0 saturated carbocycles. The van der Waals surface area contributed by atoms with Crippen molar-refractivity contribution in [2.24, 2.45) is 10.9 Å². The normalized spacial score (nSPS) is 7.88. The quantitative estimate of drug-likeness (QED) is 0.383. The zero-order valence-electron chi connectivity index (χ0n) is 5.23. The van der Waals surface area contributed by atoms with Crippen molar-refractivity contribution in [3.8, 4) is 0 Å². The van der Waals surface area contributed by atoms with Crippen molar-refractivity contribution < 1.29 is 5.48 Å². The summed E-state index contributed by atoms with van der Waals surface area (Å²) in [4.78, 5) is 3.42. The standard InChI is InChI=1S/C5H10N2.H2O/c1-4(2)5(6)7-3;/h4,6H,3H2,1-2H3;1H2. The van der Waals surface area contributed by atoms with Crippen LogP contribution in [0.5, 0.6) is 0 Å². The van der Waals surface area contributed by atoms with Crippen LogP contribution in [0, 0.1) is 11.3 Å². The fraction of sp³-hybridized carbons (Fsp3) is 0.600. The summed E-state index contributed by atoms with van der Waals surface area (Å²) in [7, 11) is 0. The maximum absolute atomic E-state index is 6.96. The molecule has 0 radical (unpaired) electrons. The van der Waals surface area contributed by atoms with Crippen LogP contribution in [0.4, 0.5) is 0 Å². The van der Waals surface area contributed by atoms with E-state index in [9.17, 15) is 0 Å². The van der Waals surface area contributed by atoms with Crippen LogP contribution in [0.2, 0.25) is 0 Å². The number of hydrogen-bond acceptors (Lipinski definition) is 1. The van der Waals surface area contributed by atoms with Gasteiger partial charge in [0.25, 0.3) is 0 Å². The second-order valence-corrected chi connectivity index (χ2v) is 1.70. The first-order valence-electron chi connectivity index (χ1n) is 2.23. The molecule has 0 aliphatic heterocycles. The lowest BCUT2D eigenvalue weighted by molar-refractivity contribution is 0.824. The van der Waals surface area contributed by atoms with Crippen LogP contribution < -0.4 is 0 Å². The van der Waals surface area contributed by atoms with Crippen LogP contribution in [0.15, 0.2) is 4.99 Å². The molecule has 0 bridgehead atoms. The monoisotopic (exact) mass is 116 g/mol. The van der Waals surface area contributed by atoms with Crippen molar-refractivity contribution in [3.63, 3.8) is 0 Å². The Morgan fingerprint density at radius 2 is 2.00 bits per heavy atom. The lowest BCUT2D eigenvalue weighted by Gasteiger charge is -1.96. The van der Waals surface area contributed by atoms with Crippen molar-refractivity contribution >= 4 is 12.6 Å². The van der Waals surface area contributed by atoms with Gasteiger partial charge in [-0.1, -0.05) is 13.8 Å². The minimum Gasteiger partial charge on any atom is -0.412 e. The molecule has 0 atom stereocenters. The highest BCUT2D eigenvalue weighted by Gasteiger charge is 1.94. The summed E-state index contributed by atoms with van der Waals surface area (Å²) >= 11 is 0. The number of nitrogens with one attached hydrogen (secondary N) is 1. The van der Waals surface area contributed by atoms with Gasteiger partial charge in [-0.3, -0.25) is 5.41 Å². The maximum atomic E-state index is 6.96. The Balaban J connectivity index is 0.